The van der Waals surface area contributed by atoms with Gasteiger partial charge in [-0.25, -0.2) is 0 Å². The zero-order chi connectivity index (χ0) is 11.1. The Morgan fingerprint density at radius 1 is 1.56 bits per heavy atom. The SMILES string of the molecule is CC(C)OCCC(=O)NCC1CCCN1.Cl. The maximum Gasteiger partial charge on any atom is 0.222 e. The Morgan fingerprint density at radius 2 is 2.31 bits per heavy atom. The lowest BCUT2D eigenvalue weighted by Crippen LogP contribution is -2.37. The first-order valence-electron chi connectivity index (χ1n) is 5.80. The van der Waals surface area contributed by atoms with Crippen molar-refractivity contribution in [2.75, 3.05) is 19.7 Å². The maximum absolute atomic E-state index is 11.4. The Kier molecular flexibility index (Phi) is 8.61. The molecule has 1 atom stereocenters. The molecule has 4 nitrogen and oxygen atoms in total. The summed E-state index contributed by atoms with van der Waals surface area (Å²) in [6.07, 6.45) is 3.05. The highest BCUT2D eigenvalue weighted by atomic mass is 35.5. The van der Waals surface area contributed by atoms with Gasteiger partial charge in [0.2, 0.25) is 5.91 Å². The van der Waals surface area contributed by atoms with Crippen LogP contribution >= 0.6 is 12.4 Å². The van der Waals surface area contributed by atoms with Crippen LogP contribution in [-0.2, 0) is 9.53 Å². The molecule has 1 amide bonds. The molecule has 1 heterocycles. The first-order valence-corrected chi connectivity index (χ1v) is 5.80. The average Bonchev–Trinajstić information content (AvgIpc) is 2.66. The Morgan fingerprint density at radius 3 is 2.88 bits per heavy atom. The van der Waals surface area contributed by atoms with Gasteiger partial charge in [0.1, 0.15) is 0 Å². The molecule has 96 valence electrons. The largest absolute Gasteiger partial charge is 0.378 e. The monoisotopic (exact) mass is 250 g/mol. The predicted molar refractivity (Wildman–Crippen MR) is 67.0 cm³/mol. The van der Waals surface area contributed by atoms with Crippen LogP contribution in [0.1, 0.15) is 33.1 Å². The number of hydrogen-bond donors (Lipinski definition) is 2. The van der Waals surface area contributed by atoms with Gasteiger partial charge >= 0.3 is 0 Å². The third kappa shape index (κ3) is 7.04. The number of nitrogens with one attached hydrogen (secondary N) is 2. The fraction of sp³-hybridized carbons (Fsp3) is 0.909. The maximum atomic E-state index is 11.4. The van der Waals surface area contributed by atoms with Crippen LogP contribution in [-0.4, -0.2) is 37.7 Å². The minimum atomic E-state index is 0. The van der Waals surface area contributed by atoms with Gasteiger partial charge in [0, 0.05) is 19.0 Å². The van der Waals surface area contributed by atoms with Crippen molar-refractivity contribution in [1.82, 2.24) is 10.6 Å². The topological polar surface area (TPSA) is 50.4 Å². The fourth-order valence-corrected chi connectivity index (χ4v) is 1.64. The van der Waals surface area contributed by atoms with Crippen molar-refractivity contribution >= 4 is 18.3 Å². The van der Waals surface area contributed by atoms with E-state index in [4.69, 9.17) is 4.74 Å². The number of halogens is 1. The summed E-state index contributed by atoms with van der Waals surface area (Å²) in [7, 11) is 0. The lowest BCUT2D eigenvalue weighted by molar-refractivity contribution is -0.122. The van der Waals surface area contributed by atoms with E-state index in [1.54, 1.807) is 0 Å². The molecule has 0 aromatic rings. The van der Waals surface area contributed by atoms with Crippen LogP contribution in [0.3, 0.4) is 0 Å². The second-order valence-electron chi connectivity index (χ2n) is 4.27. The van der Waals surface area contributed by atoms with Crippen molar-refractivity contribution in [3.8, 4) is 0 Å². The predicted octanol–water partition coefficient (Wildman–Crippen LogP) is 1.09. The van der Waals surface area contributed by atoms with E-state index in [1.165, 1.54) is 12.8 Å². The van der Waals surface area contributed by atoms with Gasteiger partial charge < -0.3 is 15.4 Å². The van der Waals surface area contributed by atoms with Crippen molar-refractivity contribution in [3.05, 3.63) is 0 Å². The number of carbonyl (C=O) groups excluding carboxylic acids is 1. The number of rotatable bonds is 6. The molecule has 0 aromatic heterocycles. The van der Waals surface area contributed by atoms with E-state index >= 15 is 0 Å². The van der Waals surface area contributed by atoms with E-state index in [-0.39, 0.29) is 24.4 Å². The molecule has 0 aromatic carbocycles. The van der Waals surface area contributed by atoms with Crippen molar-refractivity contribution in [1.29, 1.82) is 0 Å². The summed E-state index contributed by atoms with van der Waals surface area (Å²) in [6, 6.07) is 0.472. The van der Waals surface area contributed by atoms with Gasteiger partial charge in [-0.15, -0.1) is 12.4 Å². The number of hydrogen-bond acceptors (Lipinski definition) is 3. The molecule has 1 aliphatic heterocycles. The molecule has 0 saturated carbocycles. The molecule has 1 aliphatic rings. The van der Waals surface area contributed by atoms with E-state index in [0.717, 1.165) is 13.1 Å². The first-order chi connectivity index (χ1) is 7.18. The third-order valence-corrected chi connectivity index (χ3v) is 2.49. The van der Waals surface area contributed by atoms with Crippen LogP contribution in [0.4, 0.5) is 0 Å². The number of carbonyl (C=O) groups is 1. The molecule has 0 aliphatic carbocycles. The Labute approximate surface area is 104 Å². The highest BCUT2D eigenvalue weighted by Crippen LogP contribution is 2.03. The molecule has 2 N–H and O–H groups in total. The summed E-state index contributed by atoms with van der Waals surface area (Å²) in [5.74, 6) is 0.0874. The molecule has 0 bridgehead atoms. The minimum absolute atomic E-state index is 0. The molecule has 16 heavy (non-hydrogen) atoms. The second-order valence-corrected chi connectivity index (χ2v) is 4.27. The molecule has 1 rings (SSSR count). The van der Waals surface area contributed by atoms with E-state index in [9.17, 15) is 4.79 Å². The van der Waals surface area contributed by atoms with Crippen LogP contribution < -0.4 is 10.6 Å². The highest BCUT2D eigenvalue weighted by Gasteiger charge is 2.14. The van der Waals surface area contributed by atoms with Crippen molar-refractivity contribution < 1.29 is 9.53 Å². The lowest BCUT2D eigenvalue weighted by Gasteiger charge is -2.12. The molecule has 5 heteroatoms. The second kappa shape index (κ2) is 8.79. The van der Waals surface area contributed by atoms with Crippen LogP contribution in [0.15, 0.2) is 0 Å². The summed E-state index contributed by atoms with van der Waals surface area (Å²) < 4.78 is 5.31. The Bertz CT molecular complexity index is 194. The van der Waals surface area contributed by atoms with Crippen LogP contribution in [0.25, 0.3) is 0 Å². The molecule has 0 spiro atoms. The van der Waals surface area contributed by atoms with Crippen LogP contribution in [0, 0.1) is 0 Å². The summed E-state index contributed by atoms with van der Waals surface area (Å²) in [4.78, 5) is 11.4. The highest BCUT2D eigenvalue weighted by molar-refractivity contribution is 5.85. The van der Waals surface area contributed by atoms with Crippen molar-refractivity contribution in [3.63, 3.8) is 0 Å². The quantitative estimate of drug-likeness (QED) is 0.742. The summed E-state index contributed by atoms with van der Waals surface area (Å²) in [5, 5.41) is 6.26. The van der Waals surface area contributed by atoms with E-state index < -0.39 is 0 Å². The van der Waals surface area contributed by atoms with E-state index in [0.29, 0.717) is 19.1 Å². The summed E-state index contributed by atoms with van der Waals surface area (Å²) >= 11 is 0. The van der Waals surface area contributed by atoms with E-state index in [1.807, 2.05) is 13.8 Å². The molecular weight excluding hydrogens is 228 g/mol. The summed E-state index contributed by atoms with van der Waals surface area (Å²) in [5.41, 5.74) is 0. The van der Waals surface area contributed by atoms with Crippen molar-refractivity contribution in [2.24, 2.45) is 0 Å². The number of amides is 1. The first kappa shape index (κ1) is 15.7. The molecule has 0 radical (unpaired) electrons. The Hall–Kier alpha value is -0.320. The van der Waals surface area contributed by atoms with Gasteiger partial charge in [-0.3, -0.25) is 4.79 Å². The average molecular weight is 251 g/mol. The molecule has 1 fully saturated rings. The van der Waals surface area contributed by atoms with Crippen molar-refractivity contribution in [2.45, 2.75) is 45.3 Å². The van der Waals surface area contributed by atoms with Gasteiger partial charge in [0.15, 0.2) is 0 Å². The molecule has 1 saturated heterocycles. The number of ether oxygens (including phenoxy) is 1. The third-order valence-electron chi connectivity index (χ3n) is 2.49. The normalized spacial score (nSPS) is 19.6. The smallest absolute Gasteiger partial charge is 0.222 e. The zero-order valence-corrected chi connectivity index (χ0v) is 10.9. The standard InChI is InChI=1S/C11H22N2O2.ClH/c1-9(2)15-7-5-11(14)13-8-10-4-3-6-12-10;/h9-10,12H,3-8H2,1-2H3,(H,13,14);1H. The van der Waals surface area contributed by atoms with Gasteiger partial charge in [0.05, 0.1) is 12.7 Å². The lowest BCUT2D eigenvalue weighted by atomic mass is 10.2. The van der Waals surface area contributed by atoms with Crippen LogP contribution in [0.5, 0.6) is 0 Å². The fourth-order valence-electron chi connectivity index (χ4n) is 1.64. The van der Waals surface area contributed by atoms with E-state index in [2.05, 4.69) is 10.6 Å². The van der Waals surface area contributed by atoms with Gasteiger partial charge in [0.25, 0.3) is 0 Å². The molecule has 1 unspecified atom stereocenters. The van der Waals surface area contributed by atoms with Gasteiger partial charge in [-0.2, -0.15) is 0 Å². The van der Waals surface area contributed by atoms with Crippen LogP contribution in [0.2, 0.25) is 0 Å². The zero-order valence-electron chi connectivity index (χ0n) is 10.1. The summed E-state index contributed by atoms with van der Waals surface area (Å²) in [6.45, 7) is 6.29. The molecular formula is C11H23ClN2O2. The van der Waals surface area contributed by atoms with Gasteiger partial charge in [-0.05, 0) is 33.2 Å². The Balaban J connectivity index is 0.00000225. The minimum Gasteiger partial charge on any atom is -0.378 e. The van der Waals surface area contributed by atoms with Gasteiger partial charge in [-0.1, -0.05) is 0 Å².